The summed E-state index contributed by atoms with van der Waals surface area (Å²) in [6.07, 6.45) is 1.92. The van der Waals surface area contributed by atoms with E-state index in [4.69, 9.17) is 9.47 Å². The third kappa shape index (κ3) is 4.06. The van der Waals surface area contributed by atoms with Crippen molar-refractivity contribution >= 4 is 6.03 Å². The number of hydrogen-bond donors (Lipinski definition) is 0. The molecule has 0 radical (unpaired) electrons. The van der Waals surface area contributed by atoms with Crippen molar-refractivity contribution in [3.8, 4) is 11.5 Å². The SMILES string of the molecule is CCN(CC)C(=O)N1CCC(Oc2ccc(OC)cc2)CC1. The van der Waals surface area contributed by atoms with Gasteiger partial charge in [-0.3, -0.25) is 0 Å². The topological polar surface area (TPSA) is 42.0 Å². The Morgan fingerprint density at radius 3 is 2.18 bits per heavy atom. The van der Waals surface area contributed by atoms with Gasteiger partial charge in [0.15, 0.2) is 0 Å². The van der Waals surface area contributed by atoms with E-state index in [-0.39, 0.29) is 12.1 Å². The van der Waals surface area contributed by atoms with Gasteiger partial charge in [0, 0.05) is 39.0 Å². The highest BCUT2D eigenvalue weighted by molar-refractivity contribution is 5.74. The second-order valence-electron chi connectivity index (χ2n) is 5.43. The van der Waals surface area contributed by atoms with E-state index in [9.17, 15) is 4.79 Å². The third-order valence-electron chi connectivity index (χ3n) is 4.11. The van der Waals surface area contributed by atoms with E-state index in [1.165, 1.54) is 0 Å². The molecule has 1 aromatic carbocycles. The van der Waals surface area contributed by atoms with Crippen LogP contribution in [0.25, 0.3) is 0 Å². The molecule has 1 aliphatic heterocycles. The first kappa shape index (κ1) is 16.5. The molecule has 1 aromatic rings. The molecular weight excluding hydrogens is 280 g/mol. The summed E-state index contributed by atoms with van der Waals surface area (Å²) in [5.41, 5.74) is 0. The van der Waals surface area contributed by atoms with E-state index in [0.717, 1.165) is 50.5 Å². The maximum absolute atomic E-state index is 12.3. The van der Waals surface area contributed by atoms with E-state index < -0.39 is 0 Å². The molecule has 5 heteroatoms. The number of likely N-dealkylation sites (tertiary alicyclic amines) is 1. The van der Waals surface area contributed by atoms with Gasteiger partial charge in [0.05, 0.1) is 7.11 Å². The number of methoxy groups -OCH3 is 1. The Labute approximate surface area is 132 Å². The van der Waals surface area contributed by atoms with Crippen molar-refractivity contribution in [3.63, 3.8) is 0 Å². The lowest BCUT2D eigenvalue weighted by Gasteiger charge is -2.35. The second-order valence-corrected chi connectivity index (χ2v) is 5.43. The highest BCUT2D eigenvalue weighted by Crippen LogP contribution is 2.22. The first-order chi connectivity index (χ1) is 10.7. The van der Waals surface area contributed by atoms with E-state index >= 15 is 0 Å². The molecular formula is C17H26N2O3. The molecule has 0 aromatic heterocycles. The van der Waals surface area contributed by atoms with Gasteiger partial charge in [-0.05, 0) is 38.1 Å². The maximum atomic E-state index is 12.3. The fourth-order valence-corrected chi connectivity index (χ4v) is 2.71. The van der Waals surface area contributed by atoms with Crippen LogP contribution in [0.2, 0.25) is 0 Å². The number of urea groups is 1. The monoisotopic (exact) mass is 306 g/mol. The van der Waals surface area contributed by atoms with Crippen LogP contribution in [0.1, 0.15) is 26.7 Å². The lowest BCUT2D eigenvalue weighted by atomic mass is 10.1. The summed E-state index contributed by atoms with van der Waals surface area (Å²) < 4.78 is 11.1. The van der Waals surface area contributed by atoms with Crippen LogP contribution in [-0.4, -0.2) is 55.2 Å². The summed E-state index contributed by atoms with van der Waals surface area (Å²) in [6.45, 7) is 7.07. The predicted molar refractivity (Wildman–Crippen MR) is 86.5 cm³/mol. The number of ether oxygens (including phenoxy) is 2. The van der Waals surface area contributed by atoms with Crippen molar-refractivity contribution in [3.05, 3.63) is 24.3 Å². The quantitative estimate of drug-likeness (QED) is 0.840. The number of hydrogen-bond acceptors (Lipinski definition) is 3. The Bertz CT molecular complexity index is 463. The molecule has 22 heavy (non-hydrogen) atoms. The van der Waals surface area contributed by atoms with Gasteiger partial charge < -0.3 is 19.3 Å². The number of piperidine rings is 1. The smallest absolute Gasteiger partial charge is 0.319 e. The van der Waals surface area contributed by atoms with Crippen molar-refractivity contribution in [2.45, 2.75) is 32.8 Å². The van der Waals surface area contributed by atoms with Crippen LogP contribution in [0.5, 0.6) is 11.5 Å². The summed E-state index contributed by atoms with van der Waals surface area (Å²) in [7, 11) is 1.65. The molecule has 0 saturated carbocycles. The first-order valence-corrected chi connectivity index (χ1v) is 8.02. The van der Waals surface area contributed by atoms with Gasteiger partial charge in [-0.15, -0.1) is 0 Å². The van der Waals surface area contributed by atoms with Gasteiger partial charge in [-0.2, -0.15) is 0 Å². The maximum Gasteiger partial charge on any atom is 0.319 e. The largest absolute Gasteiger partial charge is 0.497 e. The molecule has 2 rings (SSSR count). The van der Waals surface area contributed by atoms with Crippen molar-refractivity contribution in [2.24, 2.45) is 0 Å². The summed E-state index contributed by atoms with van der Waals surface area (Å²) in [5, 5.41) is 0. The molecule has 0 N–H and O–H groups in total. The van der Waals surface area contributed by atoms with Crippen LogP contribution in [0.4, 0.5) is 4.79 Å². The highest BCUT2D eigenvalue weighted by Gasteiger charge is 2.26. The van der Waals surface area contributed by atoms with E-state index in [1.54, 1.807) is 7.11 Å². The molecule has 1 aliphatic rings. The number of carbonyl (C=O) groups is 1. The van der Waals surface area contributed by atoms with Gasteiger partial charge >= 0.3 is 6.03 Å². The Balaban J connectivity index is 1.82. The average molecular weight is 306 g/mol. The van der Waals surface area contributed by atoms with E-state index in [0.29, 0.717) is 0 Å². The first-order valence-electron chi connectivity index (χ1n) is 8.02. The summed E-state index contributed by atoms with van der Waals surface area (Å²) >= 11 is 0. The number of carbonyl (C=O) groups excluding carboxylic acids is 1. The molecule has 1 heterocycles. The highest BCUT2D eigenvalue weighted by atomic mass is 16.5. The number of amides is 2. The fourth-order valence-electron chi connectivity index (χ4n) is 2.71. The normalized spacial score (nSPS) is 15.5. The molecule has 1 saturated heterocycles. The van der Waals surface area contributed by atoms with Crippen molar-refractivity contribution in [1.29, 1.82) is 0 Å². The minimum absolute atomic E-state index is 0.146. The van der Waals surface area contributed by atoms with Crippen LogP contribution >= 0.6 is 0 Å². The van der Waals surface area contributed by atoms with Crippen molar-refractivity contribution in [1.82, 2.24) is 9.80 Å². The minimum Gasteiger partial charge on any atom is -0.497 e. The minimum atomic E-state index is 0.146. The molecule has 5 nitrogen and oxygen atoms in total. The van der Waals surface area contributed by atoms with Crippen LogP contribution in [0, 0.1) is 0 Å². The molecule has 0 spiro atoms. The van der Waals surface area contributed by atoms with Gasteiger partial charge in [0.2, 0.25) is 0 Å². The number of rotatable bonds is 5. The Hall–Kier alpha value is -1.91. The van der Waals surface area contributed by atoms with Gasteiger partial charge in [-0.25, -0.2) is 4.79 Å². The zero-order valence-corrected chi connectivity index (χ0v) is 13.7. The number of nitrogens with zero attached hydrogens (tertiary/aromatic N) is 2. The van der Waals surface area contributed by atoms with E-state index in [2.05, 4.69) is 0 Å². The third-order valence-corrected chi connectivity index (χ3v) is 4.11. The average Bonchev–Trinajstić information content (AvgIpc) is 2.57. The predicted octanol–water partition coefficient (Wildman–Crippen LogP) is 3.00. The zero-order valence-electron chi connectivity index (χ0n) is 13.7. The molecule has 2 amide bonds. The summed E-state index contributed by atoms with van der Waals surface area (Å²) in [5.74, 6) is 1.68. The number of benzene rings is 1. The van der Waals surface area contributed by atoms with Crippen LogP contribution < -0.4 is 9.47 Å². The summed E-state index contributed by atoms with van der Waals surface area (Å²) in [6, 6.07) is 7.79. The van der Waals surface area contributed by atoms with Crippen LogP contribution in [0.3, 0.4) is 0 Å². The lowest BCUT2D eigenvalue weighted by molar-refractivity contribution is 0.0963. The lowest BCUT2D eigenvalue weighted by Crippen LogP contribution is -2.48. The molecule has 1 fully saturated rings. The summed E-state index contributed by atoms with van der Waals surface area (Å²) in [4.78, 5) is 16.1. The van der Waals surface area contributed by atoms with Crippen LogP contribution in [-0.2, 0) is 0 Å². The van der Waals surface area contributed by atoms with E-state index in [1.807, 2.05) is 47.9 Å². The van der Waals surface area contributed by atoms with Crippen molar-refractivity contribution in [2.75, 3.05) is 33.3 Å². The Morgan fingerprint density at radius 2 is 1.68 bits per heavy atom. The Morgan fingerprint density at radius 1 is 1.14 bits per heavy atom. The Kier molecular flexibility index (Phi) is 5.92. The molecule has 0 bridgehead atoms. The van der Waals surface area contributed by atoms with Gasteiger partial charge in [-0.1, -0.05) is 0 Å². The van der Waals surface area contributed by atoms with Crippen LogP contribution in [0.15, 0.2) is 24.3 Å². The molecule has 0 unspecified atom stereocenters. The molecule has 0 aliphatic carbocycles. The van der Waals surface area contributed by atoms with Gasteiger partial charge in [0.25, 0.3) is 0 Å². The molecule has 122 valence electrons. The second kappa shape index (κ2) is 7.92. The molecule has 0 atom stereocenters. The fraction of sp³-hybridized carbons (Fsp3) is 0.588. The van der Waals surface area contributed by atoms with Crippen molar-refractivity contribution < 1.29 is 14.3 Å². The standard InChI is InChI=1S/C17H26N2O3/c1-4-18(5-2)17(20)19-12-10-16(11-13-19)22-15-8-6-14(21-3)7-9-15/h6-9,16H,4-5,10-13H2,1-3H3. The van der Waals surface area contributed by atoms with Gasteiger partial charge in [0.1, 0.15) is 17.6 Å². The zero-order chi connectivity index (χ0) is 15.9.